The number of hydrogen-bond donors (Lipinski definition) is 1. The number of amides is 1. The van der Waals surface area contributed by atoms with E-state index >= 15 is 0 Å². The van der Waals surface area contributed by atoms with Crippen LogP contribution < -0.4 is 5.32 Å². The van der Waals surface area contributed by atoms with E-state index in [0.29, 0.717) is 18.2 Å². The van der Waals surface area contributed by atoms with Crippen LogP contribution in [0, 0.1) is 11.7 Å². The quantitative estimate of drug-likeness (QED) is 0.743. The molecule has 0 fully saturated rings. The molecule has 0 aromatic heterocycles. The highest BCUT2D eigenvalue weighted by molar-refractivity contribution is 8.01. The van der Waals surface area contributed by atoms with Gasteiger partial charge in [0.15, 0.2) is 0 Å². The predicted octanol–water partition coefficient (Wildman–Crippen LogP) is 3.48. The summed E-state index contributed by atoms with van der Waals surface area (Å²) >= 11 is 1.21. The summed E-state index contributed by atoms with van der Waals surface area (Å²) < 4.78 is 17.9. The number of esters is 1. The highest BCUT2D eigenvalue weighted by Crippen LogP contribution is 2.14. The van der Waals surface area contributed by atoms with Crippen LogP contribution >= 0.6 is 11.8 Å². The summed E-state index contributed by atoms with van der Waals surface area (Å²) in [5.74, 6) is -0.279. The Morgan fingerprint density at radius 3 is 2.45 bits per heavy atom. The van der Waals surface area contributed by atoms with Gasteiger partial charge in [0, 0.05) is 5.69 Å². The van der Waals surface area contributed by atoms with Crippen molar-refractivity contribution in [3.8, 4) is 0 Å². The molecule has 1 aromatic carbocycles. The molecule has 0 bridgehead atoms. The number of ether oxygens (including phenoxy) is 1. The molecule has 1 amide bonds. The molecule has 0 saturated heterocycles. The van der Waals surface area contributed by atoms with Gasteiger partial charge in [-0.2, -0.15) is 0 Å². The lowest BCUT2D eigenvalue weighted by Crippen LogP contribution is -2.22. The maximum atomic E-state index is 12.8. The van der Waals surface area contributed by atoms with Crippen molar-refractivity contribution < 1.29 is 18.7 Å². The summed E-state index contributed by atoms with van der Waals surface area (Å²) in [5.41, 5.74) is 0.527. The predicted molar refractivity (Wildman–Crippen MR) is 87.4 cm³/mol. The monoisotopic (exact) mass is 327 g/mol. The third kappa shape index (κ3) is 7.45. The number of carbonyl (C=O) groups is 2. The molecule has 1 unspecified atom stereocenters. The maximum Gasteiger partial charge on any atom is 0.318 e. The van der Waals surface area contributed by atoms with Crippen LogP contribution in [-0.4, -0.2) is 29.5 Å². The van der Waals surface area contributed by atoms with Crippen molar-refractivity contribution in [3.63, 3.8) is 0 Å². The lowest BCUT2D eigenvalue weighted by atomic mass is 10.1. The molecule has 0 aliphatic rings. The number of benzene rings is 1. The van der Waals surface area contributed by atoms with Gasteiger partial charge in [-0.25, -0.2) is 4.39 Å². The fraction of sp³-hybridized carbons (Fsp3) is 0.500. The van der Waals surface area contributed by atoms with Crippen molar-refractivity contribution in [1.82, 2.24) is 0 Å². The molecule has 6 heteroatoms. The SMILES string of the molecule is CC(C)CCOC(=O)C(C)SCC(=O)Nc1ccc(F)cc1. The second kappa shape index (κ2) is 9.46. The van der Waals surface area contributed by atoms with Crippen molar-refractivity contribution in [2.45, 2.75) is 32.4 Å². The molecule has 0 heterocycles. The Balaban J connectivity index is 2.27. The van der Waals surface area contributed by atoms with E-state index in [4.69, 9.17) is 4.74 Å². The molecule has 122 valence electrons. The van der Waals surface area contributed by atoms with E-state index in [9.17, 15) is 14.0 Å². The molecule has 0 aliphatic heterocycles. The smallest absolute Gasteiger partial charge is 0.318 e. The molecule has 1 N–H and O–H groups in total. The Bertz CT molecular complexity index is 491. The molecule has 0 aliphatic carbocycles. The minimum atomic E-state index is -0.397. The Kier molecular flexibility index (Phi) is 7.95. The van der Waals surface area contributed by atoms with Crippen molar-refractivity contribution in [2.24, 2.45) is 5.92 Å². The molecule has 0 radical (unpaired) electrons. The summed E-state index contributed by atoms with van der Waals surface area (Å²) in [7, 11) is 0. The Morgan fingerprint density at radius 2 is 1.86 bits per heavy atom. The topological polar surface area (TPSA) is 55.4 Å². The van der Waals surface area contributed by atoms with E-state index in [2.05, 4.69) is 19.2 Å². The van der Waals surface area contributed by atoms with Crippen LogP contribution in [0.3, 0.4) is 0 Å². The first-order valence-electron chi connectivity index (χ1n) is 7.22. The molecule has 0 spiro atoms. The number of carbonyl (C=O) groups excluding carboxylic acids is 2. The van der Waals surface area contributed by atoms with Gasteiger partial charge in [-0.1, -0.05) is 13.8 Å². The van der Waals surface area contributed by atoms with E-state index in [1.54, 1.807) is 6.92 Å². The molecule has 4 nitrogen and oxygen atoms in total. The zero-order chi connectivity index (χ0) is 16.5. The summed E-state index contributed by atoms with van der Waals surface area (Å²) in [5, 5.41) is 2.25. The van der Waals surface area contributed by atoms with Crippen LogP contribution in [0.1, 0.15) is 27.2 Å². The standard InChI is InChI=1S/C16H22FNO3S/c1-11(2)8-9-21-16(20)12(3)22-10-15(19)18-14-6-4-13(17)5-7-14/h4-7,11-12H,8-10H2,1-3H3,(H,18,19). The van der Waals surface area contributed by atoms with Crippen LogP contribution in [-0.2, 0) is 14.3 Å². The second-order valence-electron chi connectivity index (χ2n) is 5.36. The minimum absolute atomic E-state index is 0.137. The number of hydrogen-bond acceptors (Lipinski definition) is 4. The van der Waals surface area contributed by atoms with E-state index < -0.39 is 5.25 Å². The zero-order valence-electron chi connectivity index (χ0n) is 13.1. The average molecular weight is 327 g/mol. The van der Waals surface area contributed by atoms with Crippen molar-refractivity contribution in [2.75, 3.05) is 17.7 Å². The Morgan fingerprint density at radius 1 is 1.23 bits per heavy atom. The molecule has 1 rings (SSSR count). The summed E-state index contributed by atoms with van der Waals surface area (Å²) in [6, 6.07) is 5.53. The first-order chi connectivity index (χ1) is 10.4. The van der Waals surface area contributed by atoms with Gasteiger partial charge in [0.25, 0.3) is 0 Å². The summed E-state index contributed by atoms with van der Waals surface area (Å²) in [6.07, 6.45) is 0.828. The first-order valence-corrected chi connectivity index (χ1v) is 8.27. The van der Waals surface area contributed by atoms with Crippen LogP contribution in [0.5, 0.6) is 0 Å². The van der Waals surface area contributed by atoms with E-state index in [-0.39, 0.29) is 23.4 Å². The zero-order valence-corrected chi connectivity index (χ0v) is 13.9. The van der Waals surface area contributed by atoms with Gasteiger partial charge in [0.2, 0.25) is 5.91 Å². The van der Waals surface area contributed by atoms with Crippen molar-refractivity contribution in [1.29, 1.82) is 0 Å². The molecule has 1 aromatic rings. The van der Waals surface area contributed by atoms with E-state index in [0.717, 1.165) is 6.42 Å². The Labute approximate surface area is 134 Å². The van der Waals surface area contributed by atoms with Gasteiger partial charge >= 0.3 is 5.97 Å². The lowest BCUT2D eigenvalue weighted by molar-refractivity contribution is -0.142. The maximum absolute atomic E-state index is 12.8. The molecule has 1 atom stereocenters. The fourth-order valence-electron chi connectivity index (χ4n) is 1.51. The van der Waals surface area contributed by atoms with Crippen LogP contribution in [0.25, 0.3) is 0 Å². The molecular formula is C16H22FNO3S. The highest BCUT2D eigenvalue weighted by atomic mass is 32.2. The third-order valence-electron chi connectivity index (χ3n) is 2.86. The van der Waals surface area contributed by atoms with Crippen molar-refractivity contribution in [3.05, 3.63) is 30.1 Å². The van der Waals surface area contributed by atoms with Gasteiger partial charge in [-0.05, 0) is 43.5 Å². The summed E-state index contributed by atoms with van der Waals surface area (Å²) in [4.78, 5) is 23.5. The van der Waals surface area contributed by atoms with Gasteiger partial charge in [-0.15, -0.1) is 11.8 Å². The van der Waals surface area contributed by atoms with Crippen LogP contribution in [0.15, 0.2) is 24.3 Å². The molecule has 22 heavy (non-hydrogen) atoms. The van der Waals surface area contributed by atoms with Crippen LogP contribution in [0.4, 0.5) is 10.1 Å². The van der Waals surface area contributed by atoms with E-state index in [1.807, 2.05) is 0 Å². The molecule has 0 saturated carbocycles. The van der Waals surface area contributed by atoms with Crippen molar-refractivity contribution >= 4 is 29.3 Å². The minimum Gasteiger partial charge on any atom is -0.465 e. The van der Waals surface area contributed by atoms with E-state index in [1.165, 1.54) is 36.0 Å². The first kappa shape index (κ1) is 18.5. The summed E-state index contributed by atoms with van der Waals surface area (Å²) in [6.45, 7) is 6.24. The number of rotatable bonds is 8. The average Bonchev–Trinajstić information content (AvgIpc) is 2.46. The van der Waals surface area contributed by atoms with Crippen LogP contribution in [0.2, 0.25) is 0 Å². The van der Waals surface area contributed by atoms with Gasteiger partial charge < -0.3 is 10.1 Å². The van der Waals surface area contributed by atoms with Gasteiger partial charge in [0.1, 0.15) is 11.1 Å². The number of nitrogens with one attached hydrogen (secondary N) is 1. The third-order valence-corrected chi connectivity index (χ3v) is 3.99. The molecular weight excluding hydrogens is 305 g/mol. The van der Waals surface area contributed by atoms with Gasteiger partial charge in [-0.3, -0.25) is 9.59 Å². The lowest BCUT2D eigenvalue weighted by Gasteiger charge is -2.12. The largest absolute Gasteiger partial charge is 0.465 e. The normalized spacial score (nSPS) is 12.0. The fourth-order valence-corrected chi connectivity index (χ4v) is 2.19. The van der Waals surface area contributed by atoms with Gasteiger partial charge in [0.05, 0.1) is 12.4 Å². The number of halogens is 1. The number of anilines is 1. The Hall–Kier alpha value is -1.56. The second-order valence-corrected chi connectivity index (χ2v) is 6.69. The number of thioether (sulfide) groups is 1. The highest BCUT2D eigenvalue weighted by Gasteiger charge is 2.16.